The fourth-order valence-corrected chi connectivity index (χ4v) is 4.04. The second-order valence-electron chi connectivity index (χ2n) is 7.84. The Morgan fingerprint density at radius 3 is 2.80 bits per heavy atom. The molecule has 1 amide bonds. The first-order chi connectivity index (χ1) is 14.7. The zero-order valence-corrected chi connectivity index (χ0v) is 17.0. The number of carbonyl (C=O) groups is 1. The molecule has 0 aliphatic carbocycles. The third-order valence-corrected chi connectivity index (χ3v) is 5.65. The molecule has 2 aromatic heterocycles. The van der Waals surface area contributed by atoms with Crippen molar-refractivity contribution < 1.29 is 14.3 Å². The average Bonchev–Trinajstić information content (AvgIpc) is 3.49. The largest absolute Gasteiger partial charge is 0.490 e. The summed E-state index contributed by atoms with van der Waals surface area (Å²) in [5, 5.41) is 4.22. The van der Waals surface area contributed by atoms with E-state index in [2.05, 4.69) is 34.3 Å². The second-order valence-corrected chi connectivity index (χ2v) is 7.84. The molecule has 0 spiro atoms. The highest BCUT2D eigenvalue weighted by Gasteiger charge is 2.32. The molecule has 1 fully saturated rings. The smallest absolute Gasteiger partial charge is 0.260 e. The predicted octanol–water partition coefficient (Wildman–Crippen LogP) is 3.20. The summed E-state index contributed by atoms with van der Waals surface area (Å²) in [7, 11) is 1.90. The quantitative estimate of drug-likeness (QED) is 0.631. The molecule has 154 valence electrons. The first kappa shape index (κ1) is 18.8. The Bertz CT molecular complexity index is 1050. The van der Waals surface area contributed by atoms with Gasteiger partial charge < -0.3 is 14.4 Å². The van der Waals surface area contributed by atoms with Crippen LogP contribution < -0.4 is 4.74 Å². The Morgan fingerprint density at radius 1 is 1.20 bits per heavy atom. The fourth-order valence-electron chi connectivity index (χ4n) is 4.04. The van der Waals surface area contributed by atoms with Gasteiger partial charge in [-0.15, -0.1) is 0 Å². The van der Waals surface area contributed by atoms with Crippen LogP contribution in [0, 0.1) is 0 Å². The van der Waals surface area contributed by atoms with Crippen molar-refractivity contribution in [2.75, 3.05) is 13.2 Å². The molecule has 5 rings (SSSR count). The van der Waals surface area contributed by atoms with Gasteiger partial charge in [-0.1, -0.05) is 24.3 Å². The molecule has 4 heterocycles. The molecule has 1 atom stereocenters. The van der Waals surface area contributed by atoms with Crippen LogP contribution in [0.15, 0.2) is 48.9 Å². The summed E-state index contributed by atoms with van der Waals surface area (Å²) in [6.45, 7) is 2.29. The zero-order valence-electron chi connectivity index (χ0n) is 17.0. The number of aryl methyl sites for hydroxylation is 1. The van der Waals surface area contributed by atoms with Crippen LogP contribution in [-0.4, -0.2) is 44.9 Å². The number of ether oxygens (including phenoxy) is 2. The van der Waals surface area contributed by atoms with Crippen molar-refractivity contribution in [1.29, 1.82) is 0 Å². The van der Waals surface area contributed by atoms with E-state index in [4.69, 9.17) is 9.47 Å². The van der Waals surface area contributed by atoms with E-state index in [0.29, 0.717) is 31.0 Å². The minimum atomic E-state index is -0.0308. The lowest BCUT2D eigenvalue weighted by Gasteiger charge is -2.16. The zero-order chi connectivity index (χ0) is 20.5. The van der Waals surface area contributed by atoms with Gasteiger partial charge in [-0.2, -0.15) is 5.10 Å². The van der Waals surface area contributed by atoms with E-state index in [9.17, 15) is 4.79 Å². The lowest BCUT2D eigenvalue weighted by molar-refractivity contribution is 0.0659. The molecule has 30 heavy (non-hydrogen) atoms. The average molecular weight is 404 g/mol. The Morgan fingerprint density at radius 2 is 2.07 bits per heavy atom. The lowest BCUT2D eigenvalue weighted by Crippen LogP contribution is -2.24. The highest BCUT2D eigenvalue weighted by Crippen LogP contribution is 2.31. The summed E-state index contributed by atoms with van der Waals surface area (Å²) in [5.74, 6) is 0.576. The van der Waals surface area contributed by atoms with Gasteiger partial charge in [0.1, 0.15) is 17.9 Å². The van der Waals surface area contributed by atoms with Crippen LogP contribution >= 0.6 is 0 Å². The molecular formula is C23H24N4O3. The van der Waals surface area contributed by atoms with Crippen molar-refractivity contribution in [3.8, 4) is 16.9 Å². The first-order valence-corrected chi connectivity index (χ1v) is 10.3. The summed E-state index contributed by atoms with van der Waals surface area (Å²) in [6, 6.07) is 10.0. The lowest BCUT2D eigenvalue weighted by atomic mass is 10.1. The van der Waals surface area contributed by atoms with Gasteiger partial charge in [0.2, 0.25) is 0 Å². The number of aromatic nitrogens is 3. The summed E-state index contributed by atoms with van der Waals surface area (Å²) < 4.78 is 13.4. The molecule has 1 aromatic carbocycles. The van der Waals surface area contributed by atoms with Crippen molar-refractivity contribution in [2.45, 2.75) is 32.0 Å². The maximum absolute atomic E-state index is 13.1. The number of amides is 1. The number of hydrogen-bond donors (Lipinski definition) is 0. The summed E-state index contributed by atoms with van der Waals surface area (Å²) >= 11 is 0. The molecule has 7 heteroatoms. The van der Waals surface area contributed by atoms with Gasteiger partial charge in [0.15, 0.2) is 0 Å². The topological polar surface area (TPSA) is 69.5 Å². The Labute approximate surface area is 175 Å². The van der Waals surface area contributed by atoms with Crippen molar-refractivity contribution in [3.05, 3.63) is 65.7 Å². The summed E-state index contributed by atoms with van der Waals surface area (Å²) in [5.41, 5.74) is 4.62. The maximum atomic E-state index is 13.1. The van der Waals surface area contributed by atoms with E-state index >= 15 is 0 Å². The van der Waals surface area contributed by atoms with Gasteiger partial charge in [0.25, 0.3) is 5.91 Å². The van der Waals surface area contributed by atoms with E-state index in [1.165, 1.54) is 0 Å². The third-order valence-electron chi connectivity index (χ3n) is 5.65. The van der Waals surface area contributed by atoms with Gasteiger partial charge in [-0.05, 0) is 30.0 Å². The van der Waals surface area contributed by atoms with Gasteiger partial charge in [0.05, 0.1) is 24.5 Å². The molecule has 7 nitrogen and oxygen atoms in total. The first-order valence-electron chi connectivity index (χ1n) is 10.3. The molecule has 0 bridgehead atoms. The van der Waals surface area contributed by atoms with E-state index in [1.807, 2.05) is 24.3 Å². The van der Waals surface area contributed by atoms with E-state index < -0.39 is 0 Å². The fraction of sp³-hybridized carbons (Fsp3) is 0.348. The summed E-state index contributed by atoms with van der Waals surface area (Å²) in [4.78, 5) is 19.3. The van der Waals surface area contributed by atoms with Gasteiger partial charge in [-0.25, -0.2) is 0 Å². The molecule has 0 saturated carbocycles. The van der Waals surface area contributed by atoms with Crippen LogP contribution in [0.2, 0.25) is 0 Å². The van der Waals surface area contributed by atoms with E-state index in [1.54, 1.807) is 16.9 Å². The second kappa shape index (κ2) is 7.91. The number of rotatable bonds is 6. The van der Waals surface area contributed by atoms with Crippen molar-refractivity contribution in [2.24, 2.45) is 7.05 Å². The monoisotopic (exact) mass is 404 g/mol. The molecule has 2 aliphatic rings. The number of carbonyl (C=O) groups excluding carboxylic acids is 1. The molecule has 3 aromatic rings. The molecule has 1 saturated heterocycles. The Hall–Kier alpha value is -3.19. The normalized spacial score (nSPS) is 18.1. The Kier molecular flexibility index (Phi) is 4.96. The minimum absolute atomic E-state index is 0.0308. The van der Waals surface area contributed by atoms with E-state index in [-0.39, 0.29) is 12.0 Å². The number of pyridine rings is 1. The van der Waals surface area contributed by atoms with Crippen LogP contribution in [0.3, 0.4) is 0 Å². The predicted molar refractivity (Wildman–Crippen MR) is 111 cm³/mol. The number of nitrogens with zero attached hydrogens (tertiary/aromatic N) is 4. The Balaban J connectivity index is 1.28. The van der Waals surface area contributed by atoms with Gasteiger partial charge >= 0.3 is 0 Å². The van der Waals surface area contributed by atoms with Crippen LogP contribution in [0.5, 0.6) is 5.75 Å². The van der Waals surface area contributed by atoms with Crippen LogP contribution in [0.4, 0.5) is 0 Å². The number of benzene rings is 1. The van der Waals surface area contributed by atoms with E-state index in [0.717, 1.165) is 41.8 Å². The molecule has 1 unspecified atom stereocenters. The highest BCUT2D eigenvalue weighted by molar-refractivity contribution is 6.00. The third kappa shape index (κ3) is 3.68. The number of fused-ring (bicyclic) bond motifs is 1. The molecule has 0 N–H and O–H groups in total. The van der Waals surface area contributed by atoms with Crippen molar-refractivity contribution in [3.63, 3.8) is 0 Å². The van der Waals surface area contributed by atoms with Crippen LogP contribution in [0.1, 0.15) is 34.5 Å². The maximum Gasteiger partial charge on any atom is 0.260 e. The standard InChI is InChI=1S/C23H24N4O3/c1-26-13-18(11-25-26)17-6-4-16(5-7-17)12-27-14-20-22(23(27)28)21(8-9-24-20)30-15-19-3-2-10-29-19/h4-9,11,13,19H,2-3,10,12,14-15H2,1H3. The molecule has 2 aliphatic heterocycles. The van der Waals surface area contributed by atoms with Gasteiger partial charge in [0, 0.05) is 38.2 Å². The van der Waals surface area contributed by atoms with Crippen molar-refractivity contribution in [1.82, 2.24) is 19.7 Å². The highest BCUT2D eigenvalue weighted by atomic mass is 16.5. The van der Waals surface area contributed by atoms with Gasteiger partial charge in [-0.3, -0.25) is 14.5 Å². The van der Waals surface area contributed by atoms with Crippen molar-refractivity contribution >= 4 is 5.91 Å². The van der Waals surface area contributed by atoms with Crippen LogP contribution in [-0.2, 0) is 24.9 Å². The summed E-state index contributed by atoms with van der Waals surface area (Å²) in [6.07, 6.45) is 7.72. The number of hydrogen-bond acceptors (Lipinski definition) is 5. The minimum Gasteiger partial charge on any atom is -0.490 e. The molecular weight excluding hydrogens is 380 g/mol. The van der Waals surface area contributed by atoms with Crippen LogP contribution in [0.25, 0.3) is 11.1 Å². The molecule has 0 radical (unpaired) electrons. The SMILES string of the molecule is Cn1cc(-c2ccc(CN3Cc4nccc(OCC5CCCO5)c4C3=O)cc2)cn1.